The molecule has 140 valence electrons. The van der Waals surface area contributed by atoms with E-state index >= 15 is 0 Å². The number of rotatable bonds is 7. The minimum Gasteiger partial charge on any atom is -0.496 e. The Balaban J connectivity index is 2.91. The Bertz CT molecular complexity index is 608. The van der Waals surface area contributed by atoms with E-state index in [1.807, 2.05) is 25.1 Å². The lowest BCUT2D eigenvalue weighted by molar-refractivity contribution is -0.139. The molecule has 25 heavy (non-hydrogen) atoms. The zero-order chi connectivity index (χ0) is 19.2. The molecule has 0 spiro atoms. The van der Waals surface area contributed by atoms with Crippen LogP contribution in [0.3, 0.4) is 0 Å². The third-order valence-electron chi connectivity index (χ3n) is 3.26. The summed E-state index contributed by atoms with van der Waals surface area (Å²) in [7, 11) is 5.48. The number of carbonyl (C=O) groups excluding carboxylic acids is 1. The predicted octanol–water partition coefficient (Wildman–Crippen LogP) is 2.28. The van der Waals surface area contributed by atoms with E-state index in [-0.39, 0.29) is 6.42 Å². The lowest BCUT2D eigenvalue weighted by Crippen LogP contribution is -2.44. The summed E-state index contributed by atoms with van der Waals surface area (Å²) in [5.74, 6) is -0.375. The number of carboxylic acids is 1. The molecule has 0 fully saturated rings. The topological polar surface area (TPSA) is 88.1 Å². The van der Waals surface area contributed by atoms with Gasteiger partial charge in [0.2, 0.25) is 0 Å². The maximum Gasteiger partial charge on any atom is 0.408 e. The first-order valence-electron chi connectivity index (χ1n) is 8.04. The van der Waals surface area contributed by atoms with Crippen LogP contribution in [0.15, 0.2) is 18.2 Å². The number of alkyl carbamates (subject to hydrolysis) is 1. The van der Waals surface area contributed by atoms with Crippen molar-refractivity contribution in [3.8, 4) is 5.75 Å². The average molecular weight is 352 g/mol. The van der Waals surface area contributed by atoms with Crippen LogP contribution in [0, 0.1) is 0 Å². The van der Waals surface area contributed by atoms with Gasteiger partial charge in [-0.3, -0.25) is 0 Å². The molecule has 0 saturated carbocycles. The van der Waals surface area contributed by atoms with Crippen molar-refractivity contribution in [3.63, 3.8) is 0 Å². The smallest absolute Gasteiger partial charge is 0.408 e. The molecule has 0 aliphatic carbocycles. The molecule has 1 aromatic carbocycles. The summed E-state index contributed by atoms with van der Waals surface area (Å²) in [6.45, 7) is 5.83. The second-order valence-electron chi connectivity index (χ2n) is 7.13. The van der Waals surface area contributed by atoms with Gasteiger partial charge in [0.05, 0.1) is 7.11 Å². The minimum absolute atomic E-state index is 0.152. The van der Waals surface area contributed by atoms with E-state index in [1.165, 1.54) is 0 Å². The summed E-state index contributed by atoms with van der Waals surface area (Å²) < 4.78 is 10.5. The van der Waals surface area contributed by atoms with Gasteiger partial charge in [-0.15, -0.1) is 0 Å². The molecule has 0 bridgehead atoms. The van der Waals surface area contributed by atoms with Crippen LogP contribution in [-0.2, 0) is 22.5 Å². The van der Waals surface area contributed by atoms with Crippen molar-refractivity contribution in [1.29, 1.82) is 0 Å². The second kappa shape index (κ2) is 8.71. The van der Waals surface area contributed by atoms with Crippen molar-refractivity contribution in [2.75, 3.05) is 21.2 Å². The summed E-state index contributed by atoms with van der Waals surface area (Å²) in [4.78, 5) is 25.3. The van der Waals surface area contributed by atoms with Gasteiger partial charge >= 0.3 is 12.1 Å². The highest BCUT2D eigenvalue weighted by atomic mass is 16.6. The minimum atomic E-state index is -1.11. The molecule has 0 heterocycles. The molecule has 0 saturated heterocycles. The van der Waals surface area contributed by atoms with Crippen LogP contribution in [0.5, 0.6) is 5.75 Å². The summed E-state index contributed by atoms with van der Waals surface area (Å²) in [5, 5.41) is 11.8. The van der Waals surface area contributed by atoms with Crippen LogP contribution in [0.1, 0.15) is 31.9 Å². The van der Waals surface area contributed by atoms with Gasteiger partial charge in [-0.2, -0.15) is 0 Å². The van der Waals surface area contributed by atoms with Crippen molar-refractivity contribution in [2.45, 2.75) is 45.4 Å². The fourth-order valence-electron chi connectivity index (χ4n) is 2.31. The number of carbonyl (C=O) groups is 2. The highest BCUT2D eigenvalue weighted by Gasteiger charge is 2.24. The number of hydrogen-bond acceptors (Lipinski definition) is 5. The van der Waals surface area contributed by atoms with Crippen LogP contribution in [-0.4, -0.2) is 54.9 Å². The monoisotopic (exact) mass is 352 g/mol. The predicted molar refractivity (Wildman–Crippen MR) is 94.9 cm³/mol. The second-order valence-corrected chi connectivity index (χ2v) is 7.13. The SMILES string of the molecule is COc1ccc(CC(NC(=O)OC(C)(C)C)C(=O)O)cc1CN(C)C. The van der Waals surface area contributed by atoms with Crippen LogP contribution >= 0.6 is 0 Å². The zero-order valence-electron chi connectivity index (χ0n) is 15.8. The molecule has 0 radical (unpaired) electrons. The fraction of sp³-hybridized carbons (Fsp3) is 0.556. The Hall–Kier alpha value is -2.28. The Kier molecular flexibility index (Phi) is 7.23. The summed E-state index contributed by atoms with van der Waals surface area (Å²) in [5.41, 5.74) is 1.05. The van der Waals surface area contributed by atoms with Crippen molar-refractivity contribution >= 4 is 12.1 Å². The number of carboxylic acid groups (broad SMARTS) is 1. The summed E-state index contributed by atoms with van der Waals surface area (Å²) in [6.07, 6.45) is -0.596. The Morgan fingerprint density at radius 3 is 2.40 bits per heavy atom. The van der Waals surface area contributed by atoms with Crippen molar-refractivity contribution in [3.05, 3.63) is 29.3 Å². The maximum absolute atomic E-state index is 11.9. The molecule has 0 aromatic heterocycles. The van der Waals surface area contributed by atoms with E-state index < -0.39 is 23.7 Å². The molecule has 7 heteroatoms. The van der Waals surface area contributed by atoms with E-state index in [1.54, 1.807) is 40.0 Å². The third kappa shape index (κ3) is 7.43. The van der Waals surface area contributed by atoms with Crippen LogP contribution in [0.4, 0.5) is 4.79 Å². The van der Waals surface area contributed by atoms with Gasteiger partial charge in [-0.05, 0) is 46.5 Å². The van der Waals surface area contributed by atoms with Crippen LogP contribution < -0.4 is 10.1 Å². The summed E-state index contributed by atoms with van der Waals surface area (Å²) in [6, 6.07) is 4.42. The molecule has 1 rings (SSSR count). The molecule has 1 aromatic rings. The van der Waals surface area contributed by atoms with E-state index in [0.29, 0.717) is 6.54 Å². The van der Waals surface area contributed by atoms with E-state index in [0.717, 1.165) is 16.9 Å². The molecule has 2 N–H and O–H groups in total. The number of ether oxygens (including phenoxy) is 2. The number of benzene rings is 1. The largest absolute Gasteiger partial charge is 0.496 e. The van der Waals surface area contributed by atoms with Crippen molar-refractivity contribution in [2.24, 2.45) is 0 Å². The lowest BCUT2D eigenvalue weighted by Gasteiger charge is -2.22. The number of hydrogen-bond donors (Lipinski definition) is 2. The highest BCUT2D eigenvalue weighted by Crippen LogP contribution is 2.22. The van der Waals surface area contributed by atoms with Gasteiger partial charge in [0.25, 0.3) is 0 Å². The fourth-order valence-corrected chi connectivity index (χ4v) is 2.31. The van der Waals surface area contributed by atoms with Crippen LogP contribution in [0.25, 0.3) is 0 Å². The molecule has 1 unspecified atom stereocenters. The van der Waals surface area contributed by atoms with Gasteiger partial charge in [0, 0.05) is 18.5 Å². The maximum atomic E-state index is 11.9. The van der Waals surface area contributed by atoms with Gasteiger partial charge in [0.15, 0.2) is 0 Å². The average Bonchev–Trinajstić information content (AvgIpc) is 2.44. The quantitative estimate of drug-likeness (QED) is 0.783. The molecule has 1 atom stereocenters. The Morgan fingerprint density at radius 1 is 1.28 bits per heavy atom. The van der Waals surface area contributed by atoms with Crippen molar-refractivity contribution < 1.29 is 24.2 Å². The zero-order valence-corrected chi connectivity index (χ0v) is 15.8. The van der Waals surface area contributed by atoms with E-state index in [4.69, 9.17) is 9.47 Å². The molecule has 1 amide bonds. The first-order valence-corrected chi connectivity index (χ1v) is 8.04. The van der Waals surface area contributed by atoms with Gasteiger partial charge in [0.1, 0.15) is 17.4 Å². The first kappa shape index (κ1) is 20.8. The number of methoxy groups -OCH3 is 1. The van der Waals surface area contributed by atoms with Crippen molar-refractivity contribution in [1.82, 2.24) is 10.2 Å². The van der Waals surface area contributed by atoms with Gasteiger partial charge < -0.3 is 24.8 Å². The van der Waals surface area contributed by atoms with Crippen LogP contribution in [0.2, 0.25) is 0 Å². The van der Waals surface area contributed by atoms with Gasteiger partial charge in [-0.1, -0.05) is 12.1 Å². The normalized spacial score (nSPS) is 12.6. The Labute approximate surface area is 148 Å². The lowest BCUT2D eigenvalue weighted by atomic mass is 10.0. The molecule has 0 aliphatic heterocycles. The standard InChI is InChI=1S/C18H28N2O5/c1-18(2,3)25-17(23)19-14(16(21)22)10-12-7-8-15(24-6)13(9-12)11-20(4)5/h7-9,14H,10-11H2,1-6H3,(H,19,23)(H,21,22). The number of nitrogens with one attached hydrogen (secondary N) is 1. The Morgan fingerprint density at radius 2 is 1.92 bits per heavy atom. The number of amides is 1. The third-order valence-corrected chi connectivity index (χ3v) is 3.26. The highest BCUT2D eigenvalue weighted by molar-refractivity contribution is 5.80. The van der Waals surface area contributed by atoms with Gasteiger partial charge in [-0.25, -0.2) is 9.59 Å². The summed E-state index contributed by atoms with van der Waals surface area (Å²) >= 11 is 0. The molecular formula is C18H28N2O5. The number of nitrogens with zero attached hydrogens (tertiary/aromatic N) is 1. The first-order chi connectivity index (χ1) is 11.5. The molecular weight excluding hydrogens is 324 g/mol. The molecule has 0 aliphatic rings. The number of aliphatic carboxylic acids is 1. The van der Waals surface area contributed by atoms with E-state index in [2.05, 4.69) is 5.32 Å². The van der Waals surface area contributed by atoms with E-state index in [9.17, 15) is 14.7 Å². The molecule has 7 nitrogen and oxygen atoms in total.